The summed E-state index contributed by atoms with van der Waals surface area (Å²) >= 11 is 0. The van der Waals surface area contributed by atoms with Crippen LogP contribution in [0.4, 0.5) is 0 Å². The molecular formula is C20H28N4O4. The van der Waals surface area contributed by atoms with Crippen LogP contribution in [0.15, 0.2) is 9.59 Å². The summed E-state index contributed by atoms with van der Waals surface area (Å²) in [5.41, 5.74) is -0.890. The molecule has 2 aliphatic rings. The summed E-state index contributed by atoms with van der Waals surface area (Å²) in [5, 5.41) is 9.78. The van der Waals surface area contributed by atoms with Gasteiger partial charge in [-0.25, -0.2) is 9.78 Å². The van der Waals surface area contributed by atoms with E-state index in [0.29, 0.717) is 55.8 Å². The van der Waals surface area contributed by atoms with Crippen molar-refractivity contribution in [2.45, 2.75) is 83.7 Å². The van der Waals surface area contributed by atoms with Gasteiger partial charge in [0, 0.05) is 18.5 Å². The molecule has 2 bridgehead atoms. The van der Waals surface area contributed by atoms with Gasteiger partial charge in [0.1, 0.15) is 11.3 Å². The number of aryl methyl sites for hydroxylation is 1. The first-order valence-electron chi connectivity index (χ1n) is 10.3. The molecule has 0 spiro atoms. The van der Waals surface area contributed by atoms with E-state index in [1.807, 2.05) is 13.8 Å². The van der Waals surface area contributed by atoms with Gasteiger partial charge in [-0.05, 0) is 44.9 Å². The minimum absolute atomic E-state index is 0.313. The summed E-state index contributed by atoms with van der Waals surface area (Å²) in [4.78, 5) is 45.7. The van der Waals surface area contributed by atoms with Crippen LogP contribution < -0.4 is 11.2 Å². The third-order valence-corrected chi connectivity index (χ3v) is 6.78. The number of hydrogen-bond acceptors (Lipinski definition) is 4. The van der Waals surface area contributed by atoms with Gasteiger partial charge < -0.3 is 10.1 Å². The molecule has 8 nitrogen and oxygen atoms in total. The normalized spacial score (nSPS) is 26.8. The number of H-pyrrole nitrogens is 1. The third kappa shape index (κ3) is 2.57. The Morgan fingerprint density at radius 2 is 1.82 bits per heavy atom. The SMILES string of the molecule is CCCn1c(=O)c2[nH]c(C34CCCC(C(=O)O)(CC3)C4)nc2n(CCC)c1=O. The number of aliphatic carboxylic acids is 1. The first-order valence-corrected chi connectivity index (χ1v) is 10.3. The first kappa shape index (κ1) is 19.0. The molecule has 0 amide bonds. The van der Waals surface area contributed by atoms with Gasteiger partial charge in [-0.15, -0.1) is 0 Å². The summed E-state index contributed by atoms with van der Waals surface area (Å²) in [5.74, 6) is -0.0423. The lowest BCUT2D eigenvalue weighted by atomic mass is 9.68. The lowest BCUT2D eigenvalue weighted by molar-refractivity contribution is -0.150. The van der Waals surface area contributed by atoms with Gasteiger partial charge in [-0.1, -0.05) is 20.3 Å². The number of rotatable bonds is 6. The molecule has 2 aromatic heterocycles. The number of carboxylic acids is 1. The largest absolute Gasteiger partial charge is 0.481 e. The molecule has 152 valence electrons. The monoisotopic (exact) mass is 388 g/mol. The fourth-order valence-electron chi connectivity index (χ4n) is 5.37. The molecule has 2 atom stereocenters. The smallest absolute Gasteiger partial charge is 0.332 e. The Morgan fingerprint density at radius 3 is 2.50 bits per heavy atom. The highest BCUT2D eigenvalue weighted by atomic mass is 16.4. The molecule has 28 heavy (non-hydrogen) atoms. The topological polar surface area (TPSA) is 110 Å². The number of nitrogens with one attached hydrogen (secondary N) is 1. The number of fused-ring (bicyclic) bond motifs is 3. The summed E-state index contributed by atoms with van der Waals surface area (Å²) in [6, 6.07) is 0. The maximum Gasteiger partial charge on any atom is 0.332 e. The quantitative estimate of drug-likeness (QED) is 0.789. The Labute approximate surface area is 162 Å². The molecule has 2 N–H and O–H groups in total. The number of carbonyl (C=O) groups is 1. The van der Waals surface area contributed by atoms with Gasteiger partial charge in [0.2, 0.25) is 0 Å². The van der Waals surface area contributed by atoms with Crippen LogP contribution in [0.25, 0.3) is 11.2 Å². The fraction of sp³-hybridized carbons (Fsp3) is 0.700. The zero-order chi connectivity index (χ0) is 20.1. The van der Waals surface area contributed by atoms with Crippen LogP contribution in [0.2, 0.25) is 0 Å². The van der Waals surface area contributed by atoms with E-state index in [2.05, 4.69) is 4.98 Å². The number of carboxylic acid groups (broad SMARTS) is 1. The number of nitrogens with zero attached hydrogens (tertiary/aromatic N) is 3. The van der Waals surface area contributed by atoms with E-state index in [1.54, 1.807) is 4.57 Å². The maximum atomic E-state index is 13.0. The molecule has 0 aliphatic heterocycles. The van der Waals surface area contributed by atoms with Crippen LogP contribution in [0.3, 0.4) is 0 Å². The van der Waals surface area contributed by atoms with E-state index in [9.17, 15) is 19.5 Å². The van der Waals surface area contributed by atoms with E-state index >= 15 is 0 Å². The predicted molar refractivity (Wildman–Crippen MR) is 105 cm³/mol. The van der Waals surface area contributed by atoms with Crippen molar-refractivity contribution in [2.75, 3.05) is 0 Å². The van der Waals surface area contributed by atoms with Crippen LogP contribution in [0, 0.1) is 5.41 Å². The Morgan fingerprint density at radius 1 is 1.11 bits per heavy atom. The van der Waals surface area contributed by atoms with Crippen molar-refractivity contribution in [2.24, 2.45) is 5.41 Å². The Balaban J connectivity index is 1.90. The van der Waals surface area contributed by atoms with Crippen molar-refractivity contribution in [1.82, 2.24) is 19.1 Å². The summed E-state index contributed by atoms with van der Waals surface area (Å²) in [7, 11) is 0. The minimum atomic E-state index is -0.724. The van der Waals surface area contributed by atoms with E-state index in [1.165, 1.54) is 4.57 Å². The van der Waals surface area contributed by atoms with Crippen molar-refractivity contribution >= 4 is 17.1 Å². The molecule has 0 saturated heterocycles. The van der Waals surface area contributed by atoms with E-state index in [-0.39, 0.29) is 16.7 Å². The summed E-state index contributed by atoms with van der Waals surface area (Å²) < 4.78 is 2.87. The second-order valence-electron chi connectivity index (χ2n) is 8.57. The van der Waals surface area contributed by atoms with Gasteiger partial charge in [-0.3, -0.25) is 18.7 Å². The number of imidazole rings is 1. The number of hydrogen-bond donors (Lipinski definition) is 2. The van der Waals surface area contributed by atoms with Crippen molar-refractivity contribution in [3.63, 3.8) is 0 Å². The third-order valence-electron chi connectivity index (χ3n) is 6.78. The van der Waals surface area contributed by atoms with Crippen molar-refractivity contribution < 1.29 is 9.90 Å². The standard InChI is InChI=1S/C20H28N4O4/c1-3-10-23-14-13(15(25)24(11-4-2)18(23)28)21-16(22-14)19-6-5-7-20(12-19,9-8-19)17(26)27/h3-12H2,1-2H3,(H,21,22)(H,26,27). The van der Waals surface area contributed by atoms with Gasteiger partial charge in [0.15, 0.2) is 5.65 Å². The summed E-state index contributed by atoms with van der Waals surface area (Å²) in [6.07, 6.45) is 5.80. The first-order chi connectivity index (χ1) is 13.4. The highest BCUT2D eigenvalue weighted by Gasteiger charge is 2.57. The molecule has 2 saturated carbocycles. The summed E-state index contributed by atoms with van der Waals surface area (Å²) in [6.45, 7) is 4.79. The lowest BCUT2D eigenvalue weighted by Crippen LogP contribution is -2.40. The lowest BCUT2D eigenvalue weighted by Gasteiger charge is -2.35. The molecule has 0 aromatic carbocycles. The van der Waals surface area contributed by atoms with Crippen LogP contribution in [-0.2, 0) is 23.3 Å². The van der Waals surface area contributed by atoms with E-state index < -0.39 is 11.4 Å². The highest BCUT2D eigenvalue weighted by Crippen LogP contribution is 2.59. The van der Waals surface area contributed by atoms with Crippen LogP contribution in [-0.4, -0.2) is 30.2 Å². The maximum absolute atomic E-state index is 13.0. The van der Waals surface area contributed by atoms with E-state index in [4.69, 9.17) is 4.98 Å². The van der Waals surface area contributed by atoms with Gasteiger partial charge in [0.05, 0.1) is 5.41 Å². The number of aromatic nitrogens is 4. The van der Waals surface area contributed by atoms with Crippen LogP contribution in [0.5, 0.6) is 0 Å². The molecule has 8 heteroatoms. The number of aromatic amines is 1. The zero-order valence-electron chi connectivity index (χ0n) is 16.6. The Bertz CT molecular complexity index is 1050. The second-order valence-corrected chi connectivity index (χ2v) is 8.57. The molecular weight excluding hydrogens is 360 g/mol. The molecule has 2 heterocycles. The Hall–Kier alpha value is -2.38. The van der Waals surface area contributed by atoms with Crippen molar-refractivity contribution in [3.8, 4) is 0 Å². The average Bonchev–Trinajstić information content (AvgIpc) is 3.24. The van der Waals surface area contributed by atoms with Gasteiger partial charge in [-0.2, -0.15) is 0 Å². The van der Waals surface area contributed by atoms with Crippen molar-refractivity contribution in [3.05, 3.63) is 26.7 Å². The second kappa shape index (κ2) is 6.60. The minimum Gasteiger partial charge on any atom is -0.481 e. The zero-order valence-corrected chi connectivity index (χ0v) is 16.6. The molecule has 2 unspecified atom stereocenters. The fourth-order valence-corrected chi connectivity index (χ4v) is 5.37. The average molecular weight is 388 g/mol. The molecule has 2 aliphatic carbocycles. The van der Waals surface area contributed by atoms with Crippen LogP contribution >= 0.6 is 0 Å². The van der Waals surface area contributed by atoms with Gasteiger partial charge in [0.25, 0.3) is 5.56 Å². The molecule has 2 aromatic rings. The Kier molecular flexibility index (Phi) is 4.47. The van der Waals surface area contributed by atoms with E-state index in [0.717, 1.165) is 25.7 Å². The predicted octanol–water partition coefficient (Wildman–Crippen LogP) is 2.38. The molecule has 4 rings (SSSR count). The highest BCUT2D eigenvalue weighted by molar-refractivity contribution is 5.76. The van der Waals surface area contributed by atoms with Gasteiger partial charge >= 0.3 is 11.7 Å². The molecule has 2 fully saturated rings. The molecule has 0 radical (unpaired) electrons. The van der Waals surface area contributed by atoms with Crippen LogP contribution in [0.1, 0.15) is 71.0 Å². The van der Waals surface area contributed by atoms with Crippen molar-refractivity contribution in [1.29, 1.82) is 0 Å².